The fourth-order valence-corrected chi connectivity index (χ4v) is 5.05. The predicted molar refractivity (Wildman–Crippen MR) is 152 cm³/mol. The molecule has 5 rings (SSSR count). The lowest BCUT2D eigenvalue weighted by molar-refractivity contribution is -0.119. The Labute approximate surface area is 227 Å². The quantitative estimate of drug-likeness (QED) is 0.296. The van der Waals surface area contributed by atoms with Crippen molar-refractivity contribution in [3.05, 3.63) is 103 Å². The van der Waals surface area contributed by atoms with E-state index in [0.717, 1.165) is 28.5 Å². The van der Waals surface area contributed by atoms with Gasteiger partial charge in [0.1, 0.15) is 18.4 Å². The number of methoxy groups -OCH3 is 1. The molecule has 1 aliphatic heterocycles. The molecule has 0 spiro atoms. The van der Waals surface area contributed by atoms with Gasteiger partial charge in [0.2, 0.25) is 5.91 Å². The first-order valence-corrected chi connectivity index (χ1v) is 12.8. The van der Waals surface area contributed by atoms with Gasteiger partial charge in [-0.05, 0) is 91.9 Å². The summed E-state index contributed by atoms with van der Waals surface area (Å²) in [6, 6.07) is 25.4. The third-order valence-electron chi connectivity index (χ3n) is 6.31. The number of rotatable bonds is 9. The standard InChI is InChI=1S/C29H29N5O3S/c1-3-37-23-15-13-21(14-16-23)33-18-6-8-25(33)28-27(24-7-4-5-17-30-24)32-29(38)34(28)22-11-9-20(10-12-22)31-26(35)19-36-2/h4-18,27-28H,3,19H2,1-2H3,(H,31,35)(H,32,38)/t27-,28-/m0/s1. The molecule has 9 heteroatoms. The maximum atomic E-state index is 11.9. The molecule has 0 unspecified atom stereocenters. The summed E-state index contributed by atoms with van der Waals surface area (Å²) in [6.07, 6.45) is 3.84. The number of anilines is 2. The summed E-state index contributed by atoms with van der Waals surface area (Å²) in [5.74, 6) is 0.624. The molecular formula is C29H29N5O3S. The third kappa shape index (κ3) is 5.25. The van der Waals surface area contributed by atoms with Gasteiger partial charge in [-0.25, -0.2) is 0 Å². The average Bonchev–Trinajstić information content (AvgIpc) is 3.55. The molecule has 2 aromatic carbocycles. The number of nitrogens with zero attached hydrogens (tertiary/aromatic N) is 3. The zero-order valence-corrected chi connectivity index (χ0v) is 22.0. The van der Waals surface area contributed by atoms with E-state index in [2.05, 4.69) is 37.3 Å². The first-order chi connectivity index (χ1) is 18.6. The lowest BCUT2D eigenvalue weighted by atomic mass is 10.0. The van der Waals surface area contributed by atoms with Gasteiger partial charge in [-0.15, -0.1) is 0 Å². The van der Waals surface area contributed by atoms with E-state index in [1.165, 1.54) is 7.11 Å². The van der Waals surface area contributed by atoms with Crippen molar-refractivity contribution in [1.29, 1.82) is 0 Å². The highest BCUT2D eigenvalue weighted by atomic mass is 32.1. The van der Waals surface area contributed by atoms with Crippen molar-refractivity contribution in [3.8, 4) is 11.4 Å². The smallest absolute Gasteiger partial charge is 0.250 e. The molecule has 1 fully saturated rings. The third-order valence-corrected chi connectivity index (χ3v) is 6.63. The first-order valence-electron chi connectivity index (χ1n) is 12.4. The van der Waals surface area contributed by atoms with Crippen molar-refractivity contribution in [2.75, 3.05) is 30.5 Å². The lowest BCUT2D eigenvalue weighted by Crippen LogP contribution is -2.30. The fraction of sp³-hybridized carbons (Fsp3) is 0.207. The Morgan fingerprint density at radius 2 is 1.79 bits per heavy atom. The molecule has 38 heavy (non-hydrogen) atoms. The minimum absolute atomic E-state index is 0.00174. The van der Waals surface area contributed by atoms with Crippen LogP contribution in [0.15, 0.2) is 91.3 Å². The lowest BCUT2D eigenvalue weighted by Gasteiger charge is -2.29. The average molecular weight is 528 g/mol. The van der Waals surface area contributed by atoms with Gasteiger partial charge in [0.25, 0.3) is 0 Å². The number of aromatic nitrogens is 2. The molecule has 0 aliphatic carbocycles. The zero-order chi connectivity index (χ0) is 26.5. The Morgan fingerprint density at radius 3 is 2.47 bits per heavy atom. The Balaban J connectivity index is 1.53. The van der Waals surface area contributed by atoms with Crippen molar-refractivity contribution >= 4 is 34.6 Å². The van der Waals surface area contributed by atoms with Crippen LogP contribution in [-0.4, -0.2) is 40.9 Å². The predicted octanol–water partition coefficient (Wildman–Crippen LogP) is 5.03. The number of thiocarbonyl (C=S) groups is 1. The summed E-state index contributed by atoms with van der Waals surface area (Å²) in [4.78, 5) is 18.7. The number of nitrogens with one attached hydrogen (secondary N) is 2. The maximum absolute atomic E-state index is 11.9. The number of carbonyl (C=O) groups excluding carboxylic acids is 1. The van der Waals surface area contributed by atoms with Gasteiger partial charge < -0.3 is 29.6 Å². The molecule has 0 saturated carbocycles. The summed E-state index contributed by atoms with van der Waals surface area (Å²) < 4.78 is 12.7. The van der Waals surface area contributed by atoms with Gasteiger partial charge >= 0.3 is 0 Å². The van der Waals surface area contributed by atoms with Crippen molar-refractivity contribution in [3.63, 3.8) is 0 Å². The van der Waals surface area contributed by atoms with Crippen LogP contribution in [0.3, 0.4) is 0 Å². The Bertz CT molecular complexity index is 1390. The van der Waals surface area contributed by atoms with Crippen LogP contribution in [0.1, 0.15) is 30.4 Å². The van der Waals surface area contributed by atoms with Gasteiger partial charge in [-0.3, -0.25) is 9.78 Å². The Morgan fingerprint density at radius 1 is 1.03 bits per heavy atom. The van der Waals surface area contributed by atoms with E-state index in [1.807, 2.05) is 79.7 Å². The van der Waals surface area contributed by atoms with Crippen LogP contribution in [0.2, 0.25) is 0 Å². The number of pyridine rings is 1. The molecule has 0 radical (unpaired) electrons. The van der Waals surface area contributed by atoms with E-state index in [0.29, 0.717) is 17.4 Å². The van der Waals surface area contributed by atoms with Gasteiger partial charge in [0.05, 0.1) is 18.3 Å². The van der Waals surface area contributed by atoms with Crippen LogP contribution in [0.25, 0.3) is 5.69 Å². The van der Waals surface area contributed by atoms with Crippen LogP contribution in [0, 0.1) is 0 Å². The van der Waals surface area contributed by atoms with Crippen LogP contribution in [-0.2, 0) is 9.53 Å². The second-order valence-electron chi connectivity index (χ2n) is 8.75. The molecule has 3 heterocycles. The SMILES string of the molecule is CCOc1ccc(-n2cccc2[C@H]2[C@H](c3ccccn3)NC(=S)N2c2ccc(NC(=O)COC)cc2)cc1. The molecule has 2 atom stereocenters. The number of carbonyl (C=O) groups is 1. The second-order valence-corrected chi connectivity index (χ2v) is 9.14. The van der Waals surface area contributed by atoms with Crippen LogP contribution in [0.4, 0.5) is 11.4 Å². The molecule has 0 bridgehead atoms. The molecule has 2 N–H and O–H groups in total. The zero-order valence-electron chi connectivity index (χ0n) is 21.2. The summed E-state index contributed by atoms with van der Waals surface area (Å²) in [5, 5.41) is 6.93. The fourth-order valence-electron chi connectivity index (χ4n) is 4.71. The Kier molecular flexibility index (Phi) is 7.67. The van der Waals surface area contributed by atoms with Gasteiger partial charge in [-0.1, -0.05) is 6.07 Å². The van der Waals surface area contributed by atoms with E-state index in [4.69, 9.17) is 21.7 Å². The van der Waals surface area contributed by atoms with Crippen molar-refractivity contribution in [2.24, 2.45) is 0 Å². The maximum Gasteiger partial charge on any atom is 0.250 e. The van der Waals surface area contributed by atoms with Crippen LogP contribution >= 0.6 is 12.2 Å². The molecule has 1 amide bonds. The van der Waals surface area contributed by atoms with Crippen molar-refractivity contribution in [2.45, 2.75) is 19.0 Å². The Hall–Kier alpha value is -4.21. The minimum atomic E-state index is -0.208. The molecule has 2 aromatic heterocycles. The summed E-state index contributed by atoms with van der Waals surface area (Å²) in [7, 11) is 1.49. The number of hydrogen-bond donors (Lipinski definition) is 2. The van der Waals surface area contributed by atoms with Crippen molar-refractivity contribution in [1.82, 2.24) is 14.9 Å². The topological polar surface area (TPSA) is 80.7 Å². The number of hydrogen-bond acceptors (Lipinski definition) is 5. The van der Waals surface area contributed by atoms with Crippen molar-refractivity contribution < 1.29 is 14.3 Å². The van der Waals surface area contributed by atoms with Crippen LogP contribution in [0.5, 0.6) is 5.75 Å². The molecule has 194 valence electrons. The van der Waals surface area contributed by atoms with E-state index >= 15 is 0 Å². The number of amides is 1. The van der Waals surface area contributed by atoms with Gasteiger partial charge in [-0.2, -0.15) is 0 Å². The summed E-state index contributed by atoms with van der Waals surface area (Å²) in [5.41, 5.74) is 4.54. The second kappa shape index (κ2) is 11.5. The van der Waals surface area contributed by atoms with E-state index in [-0.39, 0.29) is 24.6 Å². The highest BCUT2D eigenvalue weighted by Gasteiger charge is 2.42. The minimum Gasteiger partial charge on any atom is -0.494 e. The van der Waals surface area contributed by atoms with Crippen LogP contribution < -0.4 is 20.3 Å². The molecular weight excluding hydrogens is 498 g/mol. The van der Waals surface area contributed by atoms with E-state index in [9.17, 15) is 4.79 Å². The highest BCUT2D eigenvalue weighted by molar-refractivity contribution is 7.80. The molecule has 1 saturated heterocycles. The highest BCUT2D eigenvalue weighted by Crippen LogP contribution is 2.42. The first kappa shape index (κ1) is 25.4. The van der Waals surface area contributed by atoms with E-state index < -0.39 is 0 Å². The molecule has 4 aromatic rings. The van der Waals surface area contributed by atoms with E-state index in [1.54, 1.807) is 6.20 Å². The molecule has 1 aliphatic rings. The number of benzene rings is 2. The summed E-state index contributed by atoms with van der Waals surface area (Å²) in [6.45, 7) is 2.59. The largest absolute Gasteiger partial charge is 0.494 e. The number of ether oxygens (including phenoxy) is 2. The summed E-state index contributed by atoms with van der Waals surface area (Å²) >= 11 is 5.87. The normalized spacial score (nSPS) is 16.8. The van der Waals surface area contributed by atoms with Gasteiger partial charge in [0, 0.05) is 42.3 Å². The monoisotopic (exact) mass is 527 g/mol. The van der Waals surface area contributed by atoms with Gasteiger partial charge in [0.15, 0.2) is 5.11 Å². The molecule has 8 nitrogen and oxygen atoms in total.